The summed E-state index contributed by atoms with van der Waals surface area (Å²) in [5.74, 6) is 0.325. The Balaban J connectivity index is 1.56. The average Bonchev–Trinajstić information content (AvgIpc) is 3.44. The molecule has 5 rings (SSSR count). The summed E-state index contributed by atoms with van der Waals surface area (Å²) >= 11 is 0. The van der Waals surface area contributed by atoms with Crippen molar-refractivity contribution in [3.05, 3.63) is 52.7 Å². The Labute approximate surface area is 176 Å². The molecule has 30 heavy (non-hydrogen) atoms. The Kier molecular flexibility index (Phi) is 4.53. The summed E-state index contributed by atoms with van der Waals surface area (Å²) in [7, 11) is 1.57. The number of ether oxygens (including phenoxy) is 1. The molecular formula is C24H27N3O3. The van der Waals surface area contributed by atoms with Crippen molar-refractivity contribution < 1.29 is 14.3 Å². The summed E-state index contributed by atoms with van der Waals surface area (Å²) in [5, 5.41) is 3.06. The number of hydrogen-bond donors (Lipinski definition) is 1. The van der Waals surface area contributed by atoms with E-state index >= 15 is 0 Å². The van der Waals surface area contributed by atoms with Crippen LogP contribution in [-0.2, 0) is 23.1 Å². The van der Waals surface area contributed by atoms with Crippen molar-refractivity contribution in [2.75, 3.05) is 19.0 Å². The number of nitrogens with one attached hydrogen (secondary N) is 1. The van der Waals surface area contributed by atoms with E-state index in [1.165, 1.54) is 0 Å². The maximum atomic E-state index is 13.7. The summed E-state index contributed by atoms with van der Waals surface area (Å²) in [6.07, 6.45) is 5.24. The number of aromatic nitrogens is 1. The highest BCUT2D eigenvalue weighted by Crippen LogP contribution is 2.49. The van der Waals surface area contributed by atoms with Crippen molar-refractivity contribution in [3.63, 3.8) is 0 Å². The minimum Gasteiger partial charge on any atom is -0.480 e. The van der Waals surface area contributed by atoms with Crippen LogP contribution in [0.3, 0.4) is 0 Å². The molecule has 2 atom stereocenters. The van der Waals surface area contributed by atoms with Gasteiger partial charge in [-0.15, -0.1) is 0 Å². The molecule has 3 aliphatic rings. The van der Waals surface area contributed by atoms with Gasteiger partial charge in [-0.2, -0.15) is 0 Å². The molecule has 1 aromatic carbocycles. The third-order valence-electron chi connectivity index (χ3n) is 7.02. The van der Waals surface area contributed by atoms with E-state index in [-0.39, 0.29) is 17.9 Å². The van der Waals surface area contributed by atoms with E-state index in [2.05, 4.69) is 17.2 Å². The zero-order valence-electron chi connectivity index (χ0n) is 17.5. The first-order chi connectivity index (χ1) is 14.6. The van der Waals surface area contributed by atoms with E-state index in [9.17, 15) is 9.59 Å². The van der Waals surface area contributed by atoms with Crippen LogP contribution in [-0.4, -0.2) is 41.4 Å². The quantitative estimate of drug-likeness (QED) is 0.845. The number of pyridine rings is 1. The van der Waals surface area contributed by atoms with Crippen LogP contribution in [0.1, 0.15) is 59.8 Å². The predicted octanol–water partition coefficient (Wildman–Crippen LogP) is 3.48. The number of methoxy groups -OCH3 is 1. The largest absolute Gasteiger partial charge is 0.480 e. The minimum atomic E-state index is -0.681. The van der Waals surface area contributed by atoms with Crippen LogP contribution in [0.25, 0.3) is 0 Å². The molecule has 2 aliphatic heterocycles. The van der Waals surface area contributed by atoms with Gasteiger partial charge >= 0.3 is 0 Å². The summed E-state index contributed by atoms with van der Waals surface area (Å²) in [4.78, 5) is 33.5. The number of anilines is 1. The van der Waals surface area contributed by atoms with Crippen LogP contribution in [0.5, 0.6) is 5.88 Å². The molecule has 0 saturated carbocycles. The number of fused-ring (bicyclic) bond motifs is 3. The third kappa shape index (κ3) is 2.59. The number of rotatable bonds is 4. The molecular weight excluding hydrogens is 378 g/mol. The topological polar surface area (TPSA) is 71.5 Å². The second-order valence-electron chi connectivity index (χ2n) is 8.53. The molecule has 1 saturated heterocycles. The lowest BCUT2D eigenvalue weighted by atomic mass is 9.73. The van der Waals surface area contributed by atoms with Crippen molar-refractivity contribution in [2.24, 2.45) is 0 Å². The average molecular weight is 405 g/mol. The summed E-state index contributed by atoms with van der Waals surface area (Å²) in [6, 6.07) is 9.67. The Morgan fingerprint density at radius 2 is 2.17 bits per heavy atom. The van der Waals surface area contributed by atoms with Crippen molar-refractivity contribution in [1.82, 2.24) is 9.88 Å². The molecule has 0 bridgehead atoms. The Morgan fingerprint density at radius 3 is 2.97 bits per heavy atom. The lowest BCUT2D eigenvalue weighted by Crippen LogP contribution is -2.48. The number of aryl methyl sites for hydroxylation is 2. The molecule has 1 aromatic heterocycles. The van der Waals surface area contributed by atoms with E-state index in [1.807, 2.05) is 35.2 Å². The predicted molar refractivity (Wildman–Crippen MR) is 114 cm³/mol. The lowest BCUT2D eigenvalue weighted by molar-refractivity contribution is -0.121. The first-order valence-corrected chi connectivity index (χ1v) is 10.9. The lowest BCUT2D eigenvalue weighted by Gasteiger charge is -2.34. The van der Waals surface area contributed by atoms with Crippen LogP contribution >= 0.6 is 0 Å². The molecule has 156 valence electrons. The van der Waals surface area contributed by atoms with Gasteiger partial charge in [0.15, 0.2) is 0 Å². The van der Waals surface area contributed by atoms with Gasteiger partial charge in [-0.05, 0) is 55.4 Å². The van der Waals surface area contributed by atoms with Crippen LogP contribution < -0.4 is 10.1 Å². The number of likely N-dealkylation sites (tertiary alicyclic amines) is 1. The highest BCUT2D eigenvalue weighted by molar-refractivity contribution is 6.08. The molecule has 6 heteroatoms. The first-order valence-electron chi connectivity index (χ1n) is 10.9. The number of carbonyl (C=O) groups excluding carboxylic acids is 2. The Hall–Kier alpha value is -2.89. The highest BCUT2D eigenvalue weighted by Gasteiger charge is 2.58. The van der Waals surface area contributed by atoms with Gasteiger partial charge in [0.05, 0.1) is 18.6 Å². The molecule has 2 aromatic rings. The molecule has 1 N–H and O–H groups in total. The van der Waals surface area contributed by atoms with Crippen LogP contribution in [0.4, 0.5) is 5.69 Å². The second-order valence-corrected chi connectivity index (χ2v) is 8.53. The Bertz CT molecular complexity index is 1030. The molecule has 0 radical (unpaired) electrons. The maximum absolute atomic E-state index is 13.7. The van der Waals surface area contributed by atoms with Gasteiger partial charge in [0.1, 0.15) is 5.56 Å². The second kappa shape index (κ2) is 7.11. The molecule has 1 fully saturated rings. The summed E-state index contributed by atoms with van der Waals surface area (Å²) in [5.41, 5.74) is 3.90. The fourth-order valence-corrected chi connectivity index (χ4v) is 5.64. The maximum Gasteiger partial charge on any atom is 0.259 e. The van der Waals surface area contributed by atoms with Crippen molar-refractivity contribution >= 4 is 17.5 Å². The smallest absolute Gasteiger partial charge is 0.259 e. The fraction of sp³-hybridized carbons (Fsp3) is 0.458. The number of carbonyl (C=O) groups is 2. The molecule has 3 heterocycles. The highest BCUT2D eigenvalue weighted by atomic mass is 16.5. The van der Waals surface area contributed by atoms with Crippen molar-refractivity contribution in [3.8, 4) is 5.88 Å². The zero-order valence-corrected chi connectivity index (χ0v) is 17.5. The number of amides is 2. The summed E-state index contributed by atoms with van der Waals surface area (Å²) in [6.45, 7) is 2.65. The molecule has 1 spiro atoms. The first kappa shape index (κ1) is 19.1. The van der Waals surface area contributed by atoms with E-state index in [0.29, 0.717) is 24.4 Å². The van der Waals surface area contributed by atoms with Crippen LogP contribution in [0.15, 0.2) is 30.3 Å². The summed E-state index contributed by atoms with van der Waals surface area (Å²) < 4.78 is 5.50. The number of benzene rings is 1. The minimum absolute atomic E-state index is 0.0106. The normalized spacial score (nSPS) is 24.1. The van der Waals surface area contributed by atoms with Crippen LogP contribution in [0, 0.1) is 0 Å². The van der Waals surface area contributed by atoms with Gasteiger partial charge in [0.25, 0.3) is 5.91 Å². The van der Waals surface area contributed by atoms with E-state index in [4.69, 9.17) is 4.74 Å². The molecule has 1 aliphatic carbocycles. The number of para-hydroxylation sites is 1. The van der Waals surface area contributed by atoms with E-state index < -0.39 is 5.41 Å². The zero-order chi connectivity index (χ0) is 20.9. The molecule has 6 nitrogen and oxygen atoms in total. The third-order valence-corrected chi connectivity index (χ3v) is 7.02. The van der Waals surface area contributed by atoms with E-state index in [0.717, 1.165) is 54.6 Å². The fourth-order valence-electron chi connectivity index (χ4n) is 5.64. The van der Waals surface area contributed by atoms with Gasteiger partial charge in [0.2, 0.25) is 11.8 Å². The van der Waals surface area contributed by atoms with Gasteiger partial charge in [-0.25, -0.2) is 4.98 Å². The van der Waals surface area contributed by atoms with Crippen molar-refractivity contribution in [2.45, 2.75) is 56.9 Å². The Morgan fingerprint density at radius 1 is 1.33 bits per heavy atom. The van der Waals surface area contributed by atoms with Crippen molar-refractivity contribution in [1.29, 1.82) is 0 Å². The molecule has 0 unspecified atom stereocenters. The van der Waals surface area contributed by atoms with Gasteiger partial charge in [-0.3, -0.25) is 9.59 Å². The molecule has 2 amide bonds. The van der Waals surface area contributed by atoms with Gasteiger partial charge < -0.3 is 15.0 Å². The van der Waals surface area contributed by atoms with Crippen LogP contribution in [0.2, 0.25) is 0 Å². The van der Waals surface area contributed by atoms with E-state index in [1.54, 1.807) is 7.11 Å². The SMILES string of the molecule is CCC[C@@H]1N(C(=O)c2cc3c(nc2OC)CCC3)CC[C@]12C(=O)Nc1ccccc12. The number of hydrogen-bond acceptors (Lipinski definition) is 4. The standard InChI is InChI=1S/C24H27N3O3/c1-3-7-20-24(17-9-4-5-10-19(17)26-23(24)29)12-13-27(20)22(28)16-14-15-8-6-11-18(15)25-21(16)30-2/h4-5,9-10,14,20H,3,6-8,11-13H2,1-2H3,(H,26,29)/t20-,24+/m0/s1. The van der Waals surface area contributed by atoms with Gasteiger partial charge in [-0.1, -0.05) is 31.5 Å². The monoisotopic (exact) mass is 405 g/mol. The number of nitrogens with zero attached hydrogens (tertiary/aromatic N) is 2. The van der Waals surface area contributed by atoms with Gasteiger partial charge in [0, 0.05) is 17.9 Å².